The summed E-state index contributed by atoms with van der Waals surface area (Å²) in [6, 6.07) is 14.6. The third kappa shape index (κ3) is 2.96. The first-order valence-electron chi connectivity index (χ1n) is 8.59. The first-order valence-corrected chi connectivity index (χ1v) is 8.59. The zero-order valence-corrected chi connectivity index (χ0v) is 15.7. The number of phenols is 1. The number of imidazole rings is 1. The van der Waals surface area contributed by atoms with Crippen molar-refractivity contribution in [2.75, 3.05) is 21.3 Å². The van der Waals surface area contributed by atoms with Crippen molar-refractivity contribution in [1.82, 2.24) is 14.6 Å². The van der Waals surface area contributed by atoms with Crippen LogP contribution in [-0.4, -0.2) is 41.0 Å². The van der Waals surface area contributed by atoms with E-state index in [1.807, 2.05) is 30.3 Å². The summed E-state index contributed by atoms with van der Waals surface area (Å²) in [6.07, 6.45) is 1.74. The standard InChI is InChI=1S/C21H19N3O4/c1-26-18-8-5-13(10-20(18)28-3)15-6-9-21-22-12-16(24(21)23-15)14-4-7-17(25)19(11-14)27-2/h4-12,25H,1-3H3. The molecule has 2 aromatic carbocycles. The first-order chi connectivity index (χ1) is 13.6. The Morgan fingerprint density at radius 2 is 1.50 bits per heavy atom. The highest BCUT2D eigenvalue weighted by Crippen LogP contribution is 2.33. The van der Waals surface area contributed by atoms with E-state index in [0.29, 0.717) is 22.9 Å². The fraction of sp³-hybridized carbons (Fsp3) is 0.143. The highest BCUT2D eigenvalue weighted by molar-refractivity contribution is 5.69. The zero-order chi connectivity index (χ0) is 19.7. The van der Waals surface area contributed by atoms with E-state index in [0.717, 1.165) is 22.5 Å². The molecule has 142 valence electrons. The molecule has 7 heteroatoms. The van der Waals surface area contributed by atoms with Crippen LogP contribution in [0.1, 0.15) is 0 Å². The highest BCUT2D eigenvalue weighted by atomic mass is 16.5. The van der Waals surface area contributed by atoms with Gasteiger partial charge in [-0.25, -0.2) is 9.50 Å². The Bertz CT molecular complexity index is 1150. The van der Waals surface area contributed by atoms with Gasteiger partial charge in [0.05, 0.1) is 38.9 Å². The predicted octanol–water partition coefficient (Wildman–Crippen LogP) is 3.79. The number of aromatic nitrogens is 3. The van der Waals surface area contributed by atoms with Gasteiger partial charge >= 0.3 is 0 Å². The minimum Gasteiger partial charge on any atom is -0.504 e. The maximum absolute atomic E-state index is 9.85. The number of nitrogens with zero attached hydrogens (tertiary/aromatic N) is 3. The molecule has 4 aromatic rings. The van der Waals surface area contributed by atoms with Crippen LogP contribution in [0.25, 0.3) is 28.2 Å². The molecule has 2 heterocycles. The fourth-order valence-corrected chi connectivity index (χ4v) is 3.06. The summed E-state index contributed by atoms with van der Waals surface area (Å²) < 4.78 is 17.7. The SMILES string of the molecule is COc1cc(-c2cnc3ccc(-c4ccc(OC)c(OC)c4)nn23)ccc1O. The van der Waals surface area contributed by atoms with Crippen molar-refractivity contribution in [2.45, 2.75) is 0 Å². The molecule has 0 aliphatic heterocycles. The Morgan fingerprint density at radius 1 is 0.786 bits per heavy atom. The van der Waals surface area contributed by atoms with E-state index in [1.54, 1.807) is 43.1 Å². The van der Waals surface area contributed by atoms with Gasteiger partial charge in [-0.1, -0.05) is 0 Å². The number of rotatable bonds is 5. The van der Waals surface area contributed by atoms with Gasteiger partial charge in [0.1, 0.15) is 0 Å². The van der Waals surface area contributed by atoms with Crippen molar-refractivity contribution in [1.29, 1.82) is 0 Å². The van der Waals surface area contributed by atoms with Gasteiger partial charge in [-0.3, -0.25) is 0 Å². The second-order valence-electron chi connectivity index (χ2n) is 6.09. The van der Waals surface area contributed by atoms with Gasteiger partial charge in [-0.15, -0.1) is 0 Å². The number of phenolic OH excluding ortho intramolecular Hbond substituents is 1. The van der Waals surface area contributed by atoms with Crippen LogP contribution < -0.4 is 14.2 Å². The Labute approximate surface area is 161 Å². The number of benzene rings is 2. The lowest BCUT2D eigenvalue weighted by atomic mass is 10.1. The Morgan fingerprint density at radius 3 is 2.25 bits per heavy atom. The summed E-state index contributed by atoms with van der Waals surface area (Å²) in [5.41, 5.74) is 3.99. The second-order valence-corrected chi connectivity index (χ2v) is 6.09. The zero-order valence-electron chi connectivity index (χ0n) is 15.7. The van der Waals surface area contributed by atoms with Crippen molar-refractivity contribution < 1.29 is 19.3 Å². The Kier molecular flexibility index (Phi) is 4.49. The van der Waals surface area contributed by atoms with Crippen molar-refractivity contribution in [2.24, 2.45) is 0 Å². The molecule has 0 fully saturated rings. The maximum Gasteiger partial charge on any atom is 0.161 e. The van der Waals surface area contributed by atoms with Gasteiger partial charge in [0.2, 0.25) is 0 Å². The summed E-state index contributed by atoms with van der Waals surface area (Å²) in [7, 11) is 4.72. The molecule has 0 spiro atoms. The third-order valence-corrected chi connectivity index (χ3v) is 4.52. The number of ether oxygens (including phenoxy) is 3. The Hall–Kier alpha value is -3.74. The Balaban J connectivity index is 1.83. The van der Waals surface area contributed by atoms with Gasteiger partial charge in [-0.2, -0.15) is 5.10 Å². The average Bonchev–Trinajstić information content (AvgIpc) is 3.16. The summed E-state index contributed by atoms with van der Waals surface area (Å²) in [4.78, 5) is 4.42. The van der Waals surface area contributed by atoms with E-state index in [2.05, 4.69) is 4.98 Å². The average molecular weight is 377 g/mol. The van der Waals surface area contributed by atoms with Gasteiger partial charge < -0.3 is 19.3 Å². The summed E-state index contributed by atoms with van der Waals surface area (Å²) in [5.74, 6) is 1.77. The minimum atomic E-state index is 0.0825. The van der Waals surface area contributed by atoms with Crippen LogP contribution in [0.3, 0.4) is 0 Å². The van der Waals surface area contributed by atoms with Crippen LogP contribution in [0.5, 0.6) is 23.0 Å². The molecule has 0 radical (unpaired) electrons. The molecule has 0 bridgehead atoms. The molecule has 28 heavy (non-hydrogen) atoms. The lowest BCUT2D eigenvalue weighted by Gasteiger charge is -2.10. The highest BCUT2D eigenvalue weighted by Gasteiger charge is 2.13. The molecule has 0 amide bonds. The molecular formula is C21H19N3O4. The lowest BCUT2D eigenvalue weighted by molar-refractivity contribution is 0.355. The summed E-state index contributed by atoms with van der Waals surface area (Å²) in [6.45, 7) is 0. The molecule has 4 rings (SSSR count). The van der Waals surface area contributed by atoms with Crippen molar-refractivity contribution in [3.63, 3.8) is 0 Å². The van der Waals surface area contributed by atoms with Gasteiger partial charge in [-0.05, 0) is 48.5 Å². The predicted molar refractivity (Wildman–Crippen MR) is 105 cm³/mol. The van der Waals surface area contributed by atoms with Crippen LogP contribution in [-0.2, 0) is 0 Å². The van der Waals surface area contributed by atoms with Crippen LogP contribution >= 0.6 is 0 Å². The first kappa shape index (κ1) is 17.7. The summed E-state index contributed by atoms with van der Waals surface area (Å²) in [5, 5.41) is 14.6. The van der Waals surface area contributed by atoms with E-state index in [9.17, 15) is 5.11 Å². The largest absolute Gasteiger partial charge is 0.504 e. The molecule has 0 aliphatic carbocycles. The number of hydrogen-bond acceptors (Lipinski definition) is 6. The normalized spacial score (nSPS) is 10.8. The van der Waals surface area contributed by atoms with E-state index in [4.69, 9.17) is 19.3 Å². The summed E-state index contributed by atoms with van der Waals surface area (Å²) >= 11 is 0. The molecule has 2 aromatic heterocycles. The number of aromatic hydroxyl groups is 1. The van der Waals surface area contributed by atoms with Gasteiger partial charge in [0.15, 0.2) is 28.6 Å². The van der Waals surface area contributed by atoms with Crippen LogP contribution in [0, 0.1) is 0 Å². The van der Waals surface area contributed by atoms with E-state index in [1.165, 1.54) is 7.11 Å². The van der Waals surface area contributed by atoms with Crippen LogP contribution in [0.15, 0.2) is 54.7 Å². The third-order valence-electron chi connectivity index (χ3n) is 4.52. The molecule has 0 atom stereocenters. The van der Waals surface area contributed by atoms with Gasteiger partial charge in [0.25, 0.3) is 0 Å². The minimum absolute atomic E-state index is 0.0825. The molecule has 0 unspecified atom stereocenters. The van der Waals surface area contributed by atoms with Crippen molar-refractivity contribution in [3.8, 4) is 45.5 Å². The fourth-order valence-electron chi connectivity index (χ4n) is 3.06. The maximum atomic E-state index is 9.85. The lowest BCUT2D eigenvalue weighted by Crippen LogP contribution is -1.98. The monoisotopic (exact) mass is 377 g/mol. The number of hydrogen-bond donors (Lipinski definition) is 1. The molecule has 0 saturated carbocycles. The topological polar surface area (TPSA) is 78.1 Å². The molecule has 0 aliphatic rings. The molecule has 1 N–H and O–H groups in total. The van der Waals surface area contributed by atoms with Crippen molar-refractivity contribution >= 4 is 5.65 Å². The molecule has 0 saturated heterocycles. The van der Waals surface area contributed by atoms with Crippen molar-refractivity contribution in [3.05, 3.63) is 54.7 Å². The molecular weight excluding hydrogens is 358 g/mol. The smallest absolute Gasteiger partial charge is 0.161 e. The molecule has 7 nitrogen and oxygen atoms in total. The van der Waals surface area contributed by atoms with E-state index < -0.39 is 0 Å². The van der Waals surface area contributed by atoms with E-state index in [-0.39, 0.29) is 5.75 Å². The number of methoxy groups -OCH3 is 3. The van der Waals surface area contributed by atoms with Gasteiger partial charge in [0, 0.05) is 11.1 Å². The van der Waals surface area contributed by atoms with Crippen LogP contribution in [0.4, 0.5) is 0 Å². The quantitative estimate of drug-likeness (QED) is 0.570. The van der Waals surface area contributed by atoms with E-state index >= 15 is 0 Å². The van der Waals surface area contributed by atoms with Crippen LogP contribution in [0.2, 0.25) is 0 Å². The second kappa shape index (κ2) is 7.11. The number of fused-ring (bicyclic) bond motifs is 1.